The van der Waals surface area contributed by atoms with Gasteiger partial charge in [0, 0.05) is 5.25 Å². The largest absolute Gasteiger partial charge is 0.379 e. The molecule has 2 aliphatic heterocycles. The molecule has 1 aliphatic carbocycles. The Morgan fingerprint density at radius 3 is 3.00 bits per heavy atom. The molecule has 3 heteroatoms. The maximum atomic E-state index is 4.87. The smallest absolute Gasteiger partial charge is 0.0946 e. The standard InChI is InChI=1S/C12H16N2S/c1-2-7-11-9(5-1)14-12(15-11)10-6-3-4-8-13-10/h3-4,6,8-11,13H,1-2,5,7H2. The average Bonchev–Trinajstić information content (AvgIpc) is 2.74. The summed E-state index contributed by atoms with van der Waals surface area (Å²) in [4.78, 5) is 4.87. The van der Waals surface area contributed by atoms with Crippen LogP contribution in [0.25, 0.3) is 0 Å². The molecule has 0 spiro atoms. The molecule has 1 saturated carbocycles. The molecule has 0 aromatic carbocycles. The van der Waals surface area contributed by atoms with Crippen LogP contribution in [0.5, 0.6) is 0 Å². The van der Waals surface area contributed by atoms with Crippen molar-refractivity contribution in [2.45, 2.75) is 43.0 Å². The van der Waals surface area contributed by atoms with Crippen LogP contribution in [0.15, 0.2) is 29.4 Å². The first-order chi connectivity index (χ1) is 7.43. The highest BCUT2D eigenvalue weighted by Crippen LogP contribution is 2.38. The zero-order valence-corrected chi connectivity index (χ0v) is 9.54. The van der Waals surface area contributed by atoms with Crippen LogP contribution in [0.2, 0.25) is 0 Å². The van der Waals surface area contributed by atoms with E-state index in [4.69, 9.17) is 4.99 Å². The van der Waals surface area contributed by atoms with Crippen molar-refractivity contribution in [3.05, 3.63) is 24.4 Å². The third kappa shape index (κ3) is 1.85. The van der Waals surface area contributed by atoms with Crippen molar-refractivity contribution in [2.75, 3.05) is 0 Å². The van der Waals surface area contributed by atoms with Gasteiger partial charge in [0.15, 0.2) is 0 Å². The lowest BCUT2D eigenvalue weighted by Crippen LogP contribution is -2.30. The SMILES string of the molecule is C1=CNC(C2=NC3CCCCC3S2)C=C1. The minimum absolute atomic E-state index is 0.339. The van der Waals surface area contributed by atoms with Crippen molar-refractivity contribution in [2.24, 2.45) is 4.99 Å². The van der Waals surface area contributed by atoms with Gasteiger partial charge in [-0.15, -0.1) is 11.8 Å². The Hall–Kier alpha value is -0.700. The number of allylic oxidation sites excluding steroid dienone is 2. The van der Waals surface area contributed by atoms with Crippen molar-refractivity contribution in [3.8, 4) is 0 Å². The first-order valence-corrected chi connectivity index (χ1v) is 6.65. The molecular weight excluding hydrogens is 204 g/mol. The summed E-state index contributed by atoms with van der Waals surface area (Å²) >= 11 is 2.00. The number of hydrogen-bond acceptors (Lipinski definition) is 3. The maximum Gasteiger partial charge on any atom is 0.0946 e. The summed E-state index contributed by atoms with van der Waals surface area (Å²) in [6.45, 7) is 0. The molecule has 0 saturated heterocycles. The molecule has 2 heterocycles. The van der Waals surface area contributed by atoms with Gasteiger partial charge in [0.25, 0.3) is 0 Å². The summed E-state index contributed by atoms with van der Waals surface area (Å²) in [5, 5.41) is 5.42. The molecule has 0 amide bonds. The minimum Gasteiger partial charge on any atom is -0.379 e. The van der Waals surface area contributed by atoms with E-state index < -0.39 is 0 Å². The number of rotatable bonds is 1. The van der Waals surface area contributed by atoms with E-state index in [0.717, 1.165) is 5.25 Å². The molecule has 15 heavy (non-hydrogen) atoms. The number of hydrogen-bond donors (Lipinski definition) is 1. The molecule has 3 unspecified atom stereocenters. The Morgan fingerprint density at radius 2 is 2.20 bits per heavy atom. The van der Waals surface area contributed by atoms with Crippen LogP contribution in [0.3, 0.4) is 0 Å². The average molecular weight is 220 g/mol. The van der Waals surface area contributed by atoms with Crippen LogP contribution in [0.4, 0.5) is 0 Å². The van der Waals surface area contributed by atoms with Gasteiger partial charge >= 0.3 is 0 Å². The van der Waals surface area contributed by atoms with Crippen LogP contribution in [-0.2, 0) is 0 Å². The number of nitrogens with one attached hydrogen (secondary N) is 1. The second-order valence-corrected chi connectivity index (χ2v) is 5.62. The highest BCUT2D eigenvalue weighted by atomic mass is 32.2. The minimum atomic E-state index is 0.339. The lowest BCUT2D eigenvalue weighted by molar-refractivity contribution is 0.461. The van der Waals surface area contributed by atoms with Crippen LogP contribution in [0, 0.1) is 0 Å². The molecule has 0 aromatic heterocycles. The number of thioether (sulfide) groups is 1. The Bertz CT molecular complexity index is 333. The Morgan fingerprint density at radius 1 is 1.27 bits per heavy atom. The molecule has 3 aliphatic rings. The van der Waals surface area contributed by atoms with E-state index in [1.807, 2.05) is 24.0 Å². The highest BCUT2D eigenvalue weighted by molar-refractivity contribution is 8.15. The topological polar surface area (TPSA) is 24.4 Å². The van der Waals surface area contributed by atoms with Gasteiger partial charge in [-0.25, -0.2) is 0 Å². The van der Waals surface area contributed by atoms with Crippen LogP contribution in [0.1, 0.15) is 25.7 Å². The van der Waals surface area contributed by atoms with Gasteiger partial charge in [-0.3, -0.25) is 4.99 Å². The van der Waals surface area contributed by atoms with Gasteiger partial charge in [0.2, 0.25) is 0 Å². The van der Waals surface area contributed by atoms with Crippen LogP contribution in [-0.4, -0.2) is 22.4 Å². The number of aliphatic imine (C=N–C) groups is 1. The zero-order chi connectivity index (χ0) is 10.1. The van der Waals surface area contributed by atoms with Gasteiger partial charge in [-0.2, -0.15) is 0 Å². The molecule has 0 radical (unpaired) electrons. The van der Waals surface area contributed by atoms with Crippen molar-refractivity contribution < 1.29 is 0 Å². The van der Waals surface area contributed by atoms with E-state index in [-0.39, 0.29) is 0 Å². The fourth-order valence-corrected chi connectivity index (χ4v) is 3.90. The molecule has 0 bridgehead atoms. The van der Waals surface area contributed by atoms with E-state index >= 15 is 0 Å². The van der Waals surface area contributed by atoms with E-state index in [1.165, 1.54) is 30.7 Å². The number of fused-ring (bicyclic) bond motifs is 1. The van der Waals surface area contributed by atoms with Gasteiger partial charge in [-0.05, 0) is 25.1 Å². The predicted octanol–water partition coefficient (Wildman–Crippen LogP) is 2.48. The normalized spacial score (nSPS) is 38.4. The maximum absolute atomic E-state index is 4.87. The molecule has 1 fully saturated rings. The van der Waals surface area contributed by atoms with E-state index in [0.29, 0.717) is 12.1 Å². The lowest BCUT2D eigenvalue weighted by atomic mass is 9.95. The van der Waals surface area contributed by atoms with Crippen molar-refractivity contribution >= 4 is 16.8 Å². The van der Waals surface area contributed by atoms with Gasteiger partial charge in [0.05, 0.1) is 17.1 Å². The molecule has 3 rings (SSSR count). The molecule has 80 valence electrons. The van der Waals surface area contributed by atoms with Gasteiger partial charge in [0.1, 0.15) is 0 Å². The molecule has 2 nitrogen and oxygen atoms in total. The Balaban J connectivity index is 1.72. The van der Waals surface area contributed by atoms with Crippen LogP contribution < -0.4 is 5.32 Å². The Labute approximate surface area is 94.9 Å². The van der Waals surface area contributed by atoms with Crippen LogP contribution >= 0.6 is 11.8 Å². The lowest BCUT2D eigenvalue weighted by Gasteiger charge is -2.22. The number of nitrogens with zero attached hydrogens (tertiary/aromatic N) is 1. The fourth-order valence-electron chi connectivity index (χ4n) is 2.46. The summed E-state index contributed by atoms with van der Waals surface area (Å²) in [5.41, 5.74) is 0. The summed E-state index contributed by atoms with van der Waals surface area (Å²) in [5.74, 6) is 0. The highest BCUT2D eigenvalue weighted by Gasteiger charge is 2.34. The summed E-state index contributed by atoms with van der Waals surface area (Å²) in [7, 11) is 0. The predicted molar refractivity (Wildman–Crippen MR) is 66.3 cm³/mol. The molecule has 1 N–H and O–H groups in total. The zero-order valence-electron chi connectivity index (χ0n) is 8.73. The van der Waals surface area contributed by atoms with Crippen molar-refractivity contribution in [3.63, 3.8) is 0 Å². The fraction of sp³-hybridized carbons (Fsp3) is 0.583. The second-order valence-electron chi connectivity index (χ2n) is 4.36. The van der Waals surface area contributed by atoms with Gasteiger partial charge in [-0.1, -0.05) is 25.0 Å². The quantitative estimate of drug-likeness (QED) is 0.734. The summed E-state index contributed by atoms with van der Waals surface area (Å²) < 4.78 is 0. The third-order valence-electron chi connectivity index (χ3n) is 3.29. The van der Waals surface area contributed by atoms with E-state index in [2.05, 4.69) is 17.5 Å². The first kappa shape index (κ1) is 9.52. The van der Waals surface area contributed by atoms with Crippen molar-refractivity contribution in [1.29, 1.82) is 0 Å². The van der Waals surface area contributed by atoms with Crippen molar-refractivity contribution in [1.82, 2.24) is 5.32 Å². The molecule has 3 atom stereocenters. The number of dihydropyridines is 1. The second kappa shape index (κ2) is 4.05. The van der Waals surface area contributed by atoms with E-state index in [1.54, 1.807) is 0 Å². The first-order valence-electron chi connectivity index (χ1n) is 5.77. The van der Waals surface area contributed by atoms with E-state index in [9.17, 15) is 0 Å². The Kier molecular flexibility index (Phi) is 2.57. The summed E-state index contributed by atoms with van der Waals surface area (Å²) in [6.07, 6.45) is 13.8. The van der Waals surface area contributed by atoms with Gasteiger partial charge < -0.3 is 5.32 Å². The third-order valence-corrected chi connectivity index (χ3v) is 4.74. The molecular formula is C12H16N2S. The molecule has 0 aromatic rings. The summed E-state index contributed by atoms with van der Waals surface area (Å²) in [6, 6.07) is 0.949. The monoisotopic (exact) mass is 220 g/mol.